The summed E-state index contributed by atoms with van der Waals surface area (Å²) in [4.78, 5) is 4.36. The summed E-state index contributed by atoms with van der Waals surface area (Å²) in [5.74, 6) is 0.387. The van der Waals surface area contributed by atoms with Crippen LogP contribution in [0.2, 0.25) is 0 Å². The van der Waals surface area contributed by atoms with Gasteiger partial charge in [-0.2, -0.15) is 8.42 Å². The molecule has 176 valence electrons. The minimum Gasteiger partial charge on any atom is -0.493 e. The first kappa shape index (κ1) is 24.4. The molecule has 0 aliphatic carbocycles. The summed E-state index contributed by atoms with van der Waals surface area (Å²) in [7, 11) is -2.79. The van der Waals surface area contributed by atoms with Gasteiger partial charge in [0.25, 0.3) is 10.1 Å². The summed E-state index contributed by atoms with van der Waals surface area (Å²) in [6, 6.07) is 7.42. The monoisotopic (exact) mass is 465 g/mol. The van der Waals surface area contributed by atoms with Crippen LogP contribution in [0.5, 0.6) is 11.5 Å². The van der Waals surface area contributed by atoms with E-state index < -0.39 is 26.6 Å². The van der Waals surface area contributed by atoms with Crippen LogP contribution in [0.4, 0.5) is 0 Å². The molecule has 2 aromatic rings. The second-order valence-electron chi connectivity index (χ2n) is 8.47. The highest BCUT2D eigenvalue weighted by Crippen LogP contribution is 2.40. The van der Waals surface area contributed by atoms with Crippen LogP contribution in [0.3, 0.4) is 0 Å². The minimum absolute atomic E-state index is 0.0551. The Kier molecular flexibility index (Phi) is 7.14. The number of ether oxygens (including phenoxy) is 4. The second kappa shape index (κ2) is 9.35. The van der Waals surface area contributed by atoms with Crippen LogP contribution in [0.25, 0.3) is 11.1 Å². The lowest BCUT2D eigenvalue weighted by molar-refractivity contribution is -0.269. The smallest absolute Gasteiger partial charge is 0.268 e. The lowest BCUT2D eigenvalue weighted by Gasteiger charge is -2.45. The second-order valence-corrected chi connectivity index (χ2v) is 10.2. The van der Waals surface area contributed by atoms with Gasteiger partial charge in [-0.05, 0) is 56.5 Å². The van der Waals surface area contributed by atoms with Gasteiger partial charge in [-0.1, -0.05) is 13.0 Å². The van der Waals surface area contributed by atoms with Crippen molar-refractivity contribution in [1.82, 2.24) is 4.98 Å². The van der Waals surface area contributed by atoms with E-state index in [0.29, 0.717) is 23.7 Å². The molecule has 0 spiro atoms. The van der Waals surface area contributed by atoms with Crippen LogP contribution < -0.4 is 9.47 Å². The van der Waals surface area contributed by atoms with Crippen LogP contribution in [-0.4, -0.2) is 55.9 Å². The van der Waals surface area contributed by atoms with Gasteiger partial charge in [0.1, 0.15) is 0 Å². The molecule has 8 nitrogen and oxygen atoms in total. The van der Waals surface area contributed by atoms with E-state index in [0.717, 1.165) is 17.5 Å². The van der Waals surface area contributed by atoms with Gasteiger partial charge >= 0.3 is 0 Å². The minimum atomic E-state index is -4.37. The van der Waals surface area contributed by atoms with Crippen molar-refractivity contribution in [3.05, 3.63) is 42.2 Å². The van der Waals surface area contributed by atoms with E-state index in [2.05, 4.69) is 4.98 Å². The summed E-state index contributed by atoms with van der Waals surface area (Å²) in [5.41, 5.74) is 1.07. The maximum Gasteiger partial charge on any atom is 0.268 e. The van der Waals surface area contributed by atoms with E-state index in [1.165, 1.54) is 6.92 Å². The van der Waals surface area contributed by atoms with E-state index in [9.17, 15) is 13.0 Å². The fourth-order valence-corrected chi connectivity index (χ4v) is 4.50. The normalized spacial score (nSPS) is 18.7. The number of nitrogens with zero attached hydrogens (tertiary/aromatic N) is 1. The molecule has 0 radical (unpaired) electrons. The summed E-state index contributed by atoms with van der Waals surface area (Å²) in [6.07, 6.45) is 4.14. The zero-order valence-electron chi connectivity index (χ0n) is 19.1. The number of rotatable bonds is 8. The largest absolute Gasteiger partial charge is 0.493 e. The van der Waals surface area contributed by atoms with Crippen LogP contribution in [0, 0.1) is 0 Å². The average molecular weight is 466 g/mol. The van der Waals surface area contributed by atoms with Crippen LogP contribution in [0.15, 0.2) is 36.7 Å². The topological polar surface area (TPSA) is 104 Å². The van der Waals surface area contributed by atoms with E-state index in [4.69, 9.17) is 18.9 Å². The third-order valence-corrected chi connectivity index (χ3v) is 7.20. The first-order valence-corrected chi connectivity index (χ1v) is 12.0. The molecule has 1 fully saturated rings. The standard InChI is InChI=1S/C23H31NO7S/c1-6-9-29-21-11-17(7-8-20(21)28-5)18-10-19(13-24-12-18)23(16(2)32(25,26)27)14-30-22(3,4)31-15-23/h7-8,10-13,16H,6,9,14-15H2,1-5H3,(H,25,26,27). The third-order valence-electron chi connectivity index (χ3n) is 5.85. The molecule has 1 aromatic carbocycles. The number of benzene rings is 1. The van der Waals surface area contributed by atoms with Crippen molar-refractivity contribution in [1.29, 1.82) is 0 Å². The zero-order chi connectivity index (χ0) is 23.6. The molecule has 1 atom stereocenters. The van der Waals surface area contributed by atoms with Crippen molar-refractivity contribution in [2.45, 2.75) is 50.6 Å². The molecule has 9 heteroatoms. The van der Waals surface area contributed by atoms with Crippen molar-refractivity contribution >= 4 is 10.1 Å². The molecule has 1 aliphatic rings. The molecule has 3 rings (SSSR count). The molecule has 0 saturated carbocycles. The van der Waals surface area contributed by atoms with Gasteiger partial charge in [0.05, 0.1) is 37.6 Å². The van der Waals surface area contributed by atoms with Gasteiger partial charge in [-0.3, -0.25) is 9.54 Å². The molecule has 2 heterocycles. The van der Waals surface area contributed by atoms with Gasteiger partial charge in [-0.15, -0.1) is 0 Å². The average Bonchev–Trinajstić information content (AvgIpc) is 2.77. The van der Waals surface area contributed by atoms with Crippen molar-refractivity contribution < 1.29 is 31.9 Å². The van der Waals surface area contributed by atoms with Crippen LogP contribution in [0.1, 0.15) is 39.7 Å². The number of hydrogen-bond donors (Lipinski definition) is 1. The quantitative estimate of drug-likeness (QED) is 0.587. The van der Waals surface area contributed by atoms with E-state index in [1.54, 1.807) is 33.4 Å². The molecule has 0 bridgehead atoms. The summed E-state index contributed by atoms with van der Waals surface area (Å²) >= 11 is 0. The molecule has 1 aromatic heterocycles. The molecule has 1 N–H and O–H groups in total. The van der Waals surface area contributed by atoms with E-state index in [1.807, 2.05) is 31.2 Å². The van der Waals surface area contributed by atoms with Gasteiger partial charge in [0.2, 0.25) is 0 Å². The number of aromatic nitrogens is 1. The number of hydrogen-bond acceptors (Lipinski definition) is 7. The van der Waals surface area contributed by atoms with Crippen molar-refractivity contribution in [3.63, 3.8) is 0 Å². The predicted octanol–water partition coefficient (Wildman–Crippen LogP) is 3.84. The maximum atomic E-state index is 12.1. The Bertz CT molecular complexity index is 1040. The molecular formula is C23H31NO7S. The van der Waals surface area contributed by atoms with Crippen LogP contribution in [-0.2, 0) is 25.0 Å². The van der Waals surface area contributed by atoms with Gasteiger partial charge in [-0.25, -0.2) is 0 Å². The molecule has 32 heavy (non-hydrogen) atoms. The maximum absolute atomic E-state index is 12.1. The highest BCUT2D eigenvalue weighted by molar-refractivity contribution is 7.86. The Hall–Kier alpha value is -2.20. The highest BCUT2D eigenvalue weighted by atomic mass is 32.2. The lowest BCUT2D eigenvalue weighted by Crippen LogP contribution is -2.56. The number of methoxy groups -OCH3 is 1. The van der Waals surface area contributed by atoms with Crippen LogP contribution >= 0.6 is 0 Å². The van der Waals surface area contributed by atoms with E-state index in [-0.39, 0.29) is 13.2 Å². The summed E-state index contributed by atoms with van der Waals surface area (Å²) in [6.45, 7) is 7.67. The van der Waals surface area contributed by atoms with Crippen molar-refractivity contribution in [3.8, 4) is 22.6 Å². The highest BCUT2D eigenvalue weighted by Gasteiger charge is 2.50. The Morgan fingerprint density at radius 3 is 2.41 bits per heavy atom. The molecule has 1 unspecified atom stereocenters. The summed E-state index contributed by atoms with van der Waals surface area (Å²) < 4.78 is 57.0. The van der Waals surface area contributed by atoms with Crippen molar-refractivity contribution in [2.24, 2.45) is 0 Å². The Labute approximate surface area is 189 Å². The van der Waals surface area contributed by atoms with E-state index >= 15 is 0 Å². The fraction of sp³-hybridized carbons (Fsp3) is 0.522. The molecule has 1 saturated heterocycles. The molecule has 1 aliphatic heterocycles. The Morgan fingerprint density at radius 2 is 1.81 bits per heavy atom. The molecular weight excluding hydrogens is 434 g/mol. The Balaban J connectivity index is 2.06. The van der Waals surface area contributed by atoms with Gasteiger partial charge in [0.15, 0.2) is 17.3 Å². The molecule has 0 amide bonds. The van der Waals surface area contributed by atoms with Crippen molar-refractivity contribution in [2.75, 3.05) is 26.9 Å². The lowest BCUT2D eigenvalue weighted by atomic mass is 9.78. The first-order chi connectivity index (χ1) is 15.0. The fourth-order valence-electron chi connectivity index (χ4n) is 3.66. The summed E-state index contributed by atoms with van der Waals surface area (Å²) in [5, 5.41) is -1.16. The van der Waals surface area contributed by atoms with Gasteiger partial charge in [0, 0.05) is 18.0 Å². The number of pyridine rings is 1. The first-order valence-electron chi connectivity index (χ1n) is 10.5. The predicted molar refractivity (Wildman–Crippen MR) is 121 cm³/mol. The third kappa shape index (κ3) is 5.06. The Morgan fingerprint density at radius 1 is 1.12 bits per heavy atom. The van der Waals surface area contributed by atoms with Gasteiger partial charge < -0.3 is 18.9 Å². The SMILES string of the molecule is CCCOc1cc(-c2cncc(C3(C(C)S(=O)(=O)O)COC(C)(C)OC3)c2)ccc1OC. The zero-order valence-corrected chi connectivity index (χ0v) is 19.9.